The molecule has 4 rings (SSSR count). The number of benzene rings is 2. The maximum Gasteiger partial charge on any atom is 0.222 e. The number of rotatable bonds is 5. The number of fused-ring (bicyclic) bond motifs is 1. The third-order valence-corrected chi connectivity index (χ3v) is 5.45. The molecule has 3 aromatic rings. The first-order valence-corrected chi connectivity index (χ1v) is 9.82. The van der Waals surface area contributed by atoms with Gasteiger partial charge in [-0.1, -0.05) is 29.8 Å². The summed E-state index contributed by atoms with van der Waals surface area (Å²) in [6, 6.07) is 15.7. The van der Waals surface area contributed by atoms with Gasteiger partial charge in [-0.25, -0.2) is 0 Å². The van der Waals surface area contributed by atoms with E-state index in [2.05, 4.69) is 17.1 Å². The summed E-state index contributed by atoms with van der Waals surface area (Å²) in [5, 5.41) is 1.92. The van der Waals surface area contributed by atoms with Gasteiger partial charge in [-0.3, -0.25) is 4.79 Å². The lowest BCUT2D eigenvalue weighted by Crippen LogP contribution is -2.41. The number of nitrogens with zero attached hydrogens (tertiary/aromatic N) is 1. The highest BCUT2D eigenvalue weighted by molar-refractivity contribution is 6.30. The van der Waals surface area contributed by atoms with E-state index in [0.29, 0.717) is 11.4 Å². The molecular formula is C22H23ClN2O2. The molecular weight excluding hydrogens is 360 g/mol. The first kappa shape index (κ1) is 17.9. The molecule has 0 radical (unpaired) electrons. The monoisotopic (exact) mass is 382 g/mol. The van der Waals surface area contributed by atoms with E-state index < -0.39 is 0 Å². The molecule has 1 saturated heterocycles. The smallest absolute Gasteiger partial charge is 0.222 e. The number of para-hydroxylation sites is 1. The first-order chi connectivity index (χ1) is 13.2. The second kappa shape index (κ2) is 8.05. The molecule has 0 saturated carbocycles. The summed E-state index contributed by atoms with van der Waals surface area (Å²) >= 11 is 5.91. The van der Waals surface area contributed by atoms with Crippen molar-refractivity contribution in [2.75, 3.05) is 13.1 Å². The Hall–Kier alpha value is -2.46. The van der Waals surface area contributed by atoms with Crippen LogP contribution in [-0.4, -0.2) is 35.0 Å². The predicted molar refractivity (Wildman–Crippen MR) is 108 cm³/mol. The van der Waals surface area contributed by atoms with Gasteiger partial charge in [-0.15, -0.1) is 0 Å². The molecule has 0 bridgehead atoms. The number of aromatic nitrogens is 1. The van der Waals surface area contributed by atoms with Crippen LogP contribution in [0.2, 0.25) is 5.02 Å². The summed E-state index contributed by atoms with van der Waals surface area (Å²) < 4.78 is 6.00. The average molecular weight is 383 g/mol. The number of likely N-dealkylation sites (tertiary alicyclic amines) is 1. The number of carbonyl (C=O) groups excluding carboxylic acids is 1. The van der Waals surface area contributed by atoms with E-state index in [9.17, 15) is 4.79 Å². The zero-order valence-corrected chi connectivity index (χ0v) is 15.9. The molecule has 1 aliphatic heterocycles. The Labute approximate surface area is 164 Å². The standard InChI is InChI=1S/C22H23ClN2O2/c23-17-6-8-18(9-7-17)27-19-11-13-25(14-12-19)22(26)10-5-16-15-24-21-4-2-1-3-20(16)21/h1-4,6-9,15,19,24H,5,10-14H2. The maximum absolute atomic E-state index is 12.6. The molecule has 1 aromatic heterocycles. The fraction of sp³-hybridized carbons (Fsp3) is 0.318. The summed E-state index contributed by atoms with van der Waals surface area (Å²) in [6.45, 7) is 1.51. The minimum absolute atomic E-state index is 0.156. The fourth-order valence-corrected chi connectivity index (χ4v) is 3.79. The van der Waals surface area contributed by atoms with Gasteiger partial charge in [0.2, 0.25) is 5.91 Å². The van der Waals surface area contributed by atoms with Gasteiger partial charge in [0.15, 0.2) is 0 Å². The van der Waals surface area contributed by atoms with Crippen LogP contribution >= 0.6 is 11.6 Å². The van der Waals surface area contributed by atoms with Crippen LogP contribution in [0.3, 0.4) is 0 Å². The van der Waals surface area contributed by atoms with Crippen molar-refractivity contribution in [1.29, 1.82) is 0 Å². The number of carbonyl (C=O) groups is 1. The fourth-order valence-electron chi connectivity index (χ4n) is 3.67. The Balaban J connectivity index is 1.26. The number of piperidine rings is 1. The lowest BCUT2D eigenvalue weighted by Gasteiger charge is -2.32. The summed E-state index contributed by atoms with van der Waals surface area (Å²) in [5.74, 6) is 1.06. The molecule has 2 aromatic carbocycles. The van der Waals surface area contributed by atoms with Crippen LogP contribution in [0.4, 0.5) is 0 Å². The largest absolute Gasteiger partial charge is 0.490 e. The summed E-state index contributed by atoms with van der Waals surface area (Å²) in [7, 11) is 0. The molecule has 0 aliphatic carbocycles. The van der Waals surface area contributed by atoms with Crippen molar-refractivity contribution in [3.63, 3.8) is 0 Å². The van der Waals surface area contributed by atoms with Gasteiger partial charge in [0.1, 0.15) is 11.9 Å². The van der Waals surface area contributed by atoms with E-state index in [1.54, 1.807) is 0 Å². The highest BCUT2D eigenvalue weighted by atomic mass is 35.5. The maximum atomic E-state index is 12.6. The first-order valence-electron chi connectivity index (χ1n) is 9.44. The Morgan fingerprint density at radius 2 is 1.85 bits per heavy atom. The molecule has 1 fully saturated rings. The molecule has 140 valence electrons. The number of aromatic amines is 1. The van der Waals surface area contributed by atoms with E-state index in [4.69, 9.17) is 16.3 Å². The number of H-pyrrole nitrogens is 1. The number of hydrogen-bond donors (Lipinski definition) is 1. The number of halogens is 1. The van der Waals surface area contributed by atoms with Crippen LogP contribution in [-0.2, 0) is 11.2 Å². The van der Waals surface area contributed by atoms with Crippen LogP contribution < -0.4 is 4.74 Å². The zero-order chi connectivity index (χ0) is 18.6. The Morgan fingerprint density at radius 1 is 1.11 bits per heavy atom. The van der Waals surface area contributed by atoms with Crippen LogP contribution in [0, 0.1) is 0 Å². The lowest BCUT2D eigenvalue weighted by molar-refractivity contribution is -0.132. The minimum atomic E-state index is 0.156. The molecule has 0 atom stereocenters. The quantitative estimate of drug-likeness (QED) is 0.687. The third-order valence-electron chi connectivity index (χ3n) is 5.19. The Kier molecular flexibility index (Phi) is 5.35. The number of nitrogens with one attached hydrogen (secondary N) is 1. The number of aryl methyl sites for hydroxylation is 1. The average Bonchev–Trinajstić information content (AvgIpc) is 3.12. The SMILES string of the molecule is O=C(CCc1c[nH]c2ccccc12)N1CCC(Oc2ccc(Cl)cc2)CC1. The van der Waals surface area contributed by atoms with Crippen LogP contribution in [0.25, 0.3) is 10.9 Å². The van der Waals surface area contributed by atoms with Crippen LogP contribution in [0.1, 0.15) is 24.8 Å². The number of ether oxygens (including phenoxy) is 1. The van der Waals surface area contributed by atoms with Crippen molar-refractivity contribution in [3.05, 3.63) is 65.3 Å². The van der Waals surface area contributed by atoms with Crippen molar-refractivity contribution in [2.45, 2.75) is 31.8 Å². The molecule has 0 spiro atoms. The second-order valence-corrected chi connectivity index (χ2v) is 7.45. The van der Waals surface area contributed by atoms with Gasteiger partial charge >= 0.3 is 0 Å². The van der Waals surface area contributed by atoms with E-state index in [1.807, 2.05) is 47.5 Å². The van der Waals surface area contributed by atoms with Crippen molar-refractivity contribution in [3.8, 4) is 5.75 Å². The van der Waals surface area contributed by atoms with Gasteiger partial charge in [-0.2, -0.15) is 0 Å². The highest BCUT2D eigenvalue weighted by Crippen LogP contribution is 2.22. The minimum Gasteiger partial charge on any atom is -0.490 e. The van der Waals surface area contributed by atoms with Crippen molar-refractivity contribution in [1.82, 2.24) is 9.88 Å². The topological polar surface area (TPSA) is 45.3 Å². The van der Waals surface area contributed by atoms with Crippen molar-refractivity contribution < 1.29 is 9.53 Å². The molecule has 5 heteroatoms. The lowest BCUT2D eigenvalue weighted by atomic mass is 10.0. The molecule has 0 unspecified atom stereocenters. The molecule has 1 N–H and O–H groups in total. The van der Waals surface area contributed by atoms with Gasteiger partial charge in [0, 0.05) is 54.5 Å². The molecule has 1 aliphatic rings. The van der Waals surface area contributed by atoms with Crippen LogP contribution in [0.15, 0.2) is 54.7 Å². The highest BCUT2D eigenvalue weighted by Gasteiger charge is 2.23. The van der Waals surface area contributed by atoms with Crippen LogP contribution in [0.5, 0.6) is 5.75 Å². The second-order valence-electron chi connectivity index (χ2n) is 7.01. The van der Waals surface area contributed by atoms with Gasteiger partial charge in [0.25, 0.3) is 0 Å². The van der Waals surface area contributed by atoms with Gasteiger partial charge in [-0.05, 0) is 42.3 Å². The zero-order valence-electron chi connectivity index (χ0n) is 15.2. The van der Waals surface area contributed by atoms with E-state index in [-0.39, 0.29) is 12.0 Å². The predicted octanol–water partition coefficient (Wildman–Crippen LogP) is 4.82. The van der Waals surface area contributed by atoms with Gasteiger partial charge in [0.05, 0.1) is 0 Å². The number of hydrogen-bond acceptors (Lipinski definition) is 2. The van der Waals surface area contributed by atoms with E-state index in [1.165, 1.54) is 10.9 Å². The molecule has 4 nitrogen and oxygen atoms in total. The normalized spacial score (nSPS) is 15.2. The van der Waals surface area contributed by atoms with Crippen molar-refractivity contribution in [2.24, 2.45) is 0 Å². The molecule has 1 amide bonds. The van der Waals surface area contributed by atoms with E-state index in [0.717, 1.165) is 43.6 Å². The summed E-state index contributed by atoms with van der Waals surface area (Å²) in [4.78, 5) is 17.8. The Morgan fingerprint density at radius 3 is 2.63 bits per heavy atom. The molecule has 27 heavy (non-hydrogen) atoms. The van der Waals surface area contributed by atoms with Gasteiger partial charge < -0.3 is 14.6 Å². The number of amides is 1. The van der Waals surface area contributed by atoms with E-state index >= 15 is 0 Å². The molecule has 2 heterocycles. The summed E-state index contributed by atoms with van der Waals surface area (Å²) in [6.07, 6.45) is 5.21. The van der Waals surface area contributed by atoms with Crippen molar-refractivity contribution >= 4 is 28.4 Å². The third kappa shape index (κ3) is 4.28. The Bertz CT molecular complexity index is 911. The summed E-state index contributed by atoms with van der Waals surface area (Å²) in [5.41, 5.74) is 2.33.